The first-order valence-corrected chi connectivity index (χ1v) is 5.81. The van der Waals surface area contributed by atoms with E-state index in [9.17, 15) is 9.90 Å². The van der Waals surface area contributed by atoms with Gasteiger partial charge >= 0.3 is 0 Å². The van der Waals surface area contributed by atoms with Gasteiger partial charge in [0.2, 0.25) is 0 Å². The number of hydrogen-bond acceptors (Lipinski definition) is 3. The molecule has 0 aliphatic carbocycles. The van der Waals surface area contributed by atoms with Crippen molar-refractivity contribution in [3.63, 3.8) is 0 Å². The highest BCUT2D eigenvalue weighted by molar-refractivity contribution is 5.84. The molecule has 0 aliphatic heterocycles. The van der Waals surface area contributed by atoms with Crippen LogP contribution in [0, 0.1) is 5.92 Å². The summed E-state index contributed by atoms with van der Waals surface area (Å²) in [6, 6.07) is 0. The Hall–Kier alpha value is -0.610. The van der Waals surface area contributed by atoms with E-state index in [2.05, 4.69) is 13.8 Å². The fourth-order valence-corrected chi connectivity index (χ4v) is 1.42. The average Bonchev–Trinajstić information content (AvgIpc) is 2.08. The summed E-state index contributed by atoms with van der Waals surface area (Å²) in [7, 11) is 3.95. The molecule has 0 aromatic carbocycles. The Balaban J connectivity index is 4.48. The maximum absolute atomic E-state index is 12.0. The maximum atomic E-state index is 12.0. The highest BCUT2D eigenvalue weighted by Crippen LogP contribution is 2.09. The Morgan fingerprint density at radius 3 is 2.06 bits per heavy atom. The van der Waals surface area contributed by atoms with Crippen molar-refractivity contribution in [3.8, 4) is 0 Å². The fraction of sp³-hybridized carbons (Fsp3) is 0.917. The molecule has 0 aromatic rings. The van der Waals surface area contributed by atoms with Gasteiger partial charge in [-0.15, -0.1) is 0 Å². The second kappa shape index (κ2) is 6.21. The quantitative estimate of drug-likeness (QED) is 0.734. The predicted octanol–water partition coefficient (Wildman–Crippen LogP) is 0.803. The molecule has 0 unspecified atom stereocenters. The van der Waals surface area contributed by atoms with Gasteiger partial charge < -0.3 is 14.9 Å². The molecule has 1 N–H and O–H groups in total. The van der Waals surface area contributed by atoms with Crippen molar-refractivity contribution in [1.82, 2.24) is 9.80 Å². The van der Waals surface area contributed by atoms with Crippen LogP contribution in [0.25, 0.3) is 0 Å². The van der Waals surface area contributed by atoms with Gasteiger partial charge in [-0.3, -0.25) is 4.79 Å². The lowest BCUT2D eigenvalue weighted by Gasteiger charge is -2.30. The van der Waals surface area contributed by atoms with Crippen molar-refractivity contribution in [1.29, 1.82) is 0 Å². The van der Waals surface area contributed by atoms with Gasteiger partial charge in [-0.05, 0) is 33.9 Å². The average molecular weight is 230 g/mol. The van der Waals surface area contributed by atoms with Gasteiger partial charge in [0.1, 0.15) is 5.60 Å². The largest absolute Gasteiger partial charge is 0.381 e. The van der Waals surface area contributed by atoms with Crippen LogP contribution in [0.3, 0.4) is 0 Å². The lowest BCUT2D eigenvalue weighted by atomic mass is 10.1. The smallest absolute Gasteiger partial charge is 0.254 e. The molecule has 0 fully saturated rings. The molecule has 4 heteroatoms. The highest BCUT2D eigenvalue weighted by atomic mass is 16.3. The molecule has 0 saturated carbocycles. The van der Waals surface area contributed by atoms with Crippen LogP contribution >= 0.6 is 0 Å². The highest BCUT2D eigenvalue weighted by Gasteiger charge is 2.29. The molecule has 0 heterocycles. The third kappa shape index (κ3) is 6.08. The molecule has 16 heavy (non-hydrogen) atoms. The van der Waals surface area contributed by atoms with E-state index < -0.39 is 5.60 Å². The molecule has 0 spiro atoms. The lowest BCUT2D eigenvalue weighted by Crippen LogP contribution is -2.48. The van der Waals surface area contributed by atoms with Crippen LogP contribution in [0.15, 0.2) is 0 Å². The van der Waals surface area contributed by atoms with E-state index in [1.165, 1.54) is 0 Å². The first-order chi connectivity index (χ1) is 7.14. The Kier molecular flexibility index (Phi) is 5.97. The SMILES string of the molecule is CC(C)CN(CCN(C)C)C(=O)C(C)(C)O. The second-order valence-corrected chi connectivity index (χ2v) is 5.51. The van der Waals surface area contributed by atoms with Gasteiger partial charge in [0.25, 0.3) is 5.91 Å². The summed E-state index contributed by atoms with van der Waals surface area (Å²) < 4.78 is 0. The summed E-state index contributed by atoms with van der Waals surface area (Å²) in [5.74, 6) is 0.219. The number of aliphatic hydroxyl groups is 1. The predicted molar refractivity (Wildman–Crippen MR) is 66.3 cm³/mol. The number of carbonyl (C=O) groups excluding carboxylic acids is 1. The van der Waals surface area contributed by atoms with E-state index in [-0.39, 0.29) is 5.91 Å². The van der Waals surface area contributed by atoms with Crippen LogP contribution in [-0.2, 0) is 4.79 Å². The van der Waals surface area contributed by atoms with Gasteiger partial charge in [-0.1, -0.05) is 13.8 Å². The number of carbonyl (C=O) groups is 1. The van der Waals surface area contributed by atoms with Gasteiger partial charge in [0.15, 0.2) is 0 Å². The molecule has 1 amide bonds. The zero-order valence-electron chi connectivity index (χ0n) is 11.4. The van der Waals surface area contributed by atoms with Gasteiger partial charge in [0.05, 0.1) is 0 Å². The van der Waals surface area contributed by atoms with Crippen molar-refractivity contribution >= 4 is 5.91 Å². The monoisotopic (exact) mass is 230 g/mol. The number of rotatable bonds is 6. The summed E-state index contributed by atoms with van der Waals surface area (Å²) in [6.07, 6.45) is 0. The van der Waals surface area contributed by atoms with E-state index in [0.717, 1.165) is 6.54 Å². The van der Waals surface area contributed by atoms with Crippen molar-refractivity contribution in [2.75, 3.05) is 33.7 Å². The summed E-state index contributed by atoms with van der Waals surface area (Å²) in [5.41, 5.74) is -1.28. The third-order valence-electron chi connectivity index (χ3n) is 2.21. The van der Waals surface area contributed by atoms with Crippen molar-refractivity contribution in [2.45, 2.75) is 33.3 Å². The standard InChI is InChI=1S/C12H26N2O2/c1-10(2)9-14(8-7-13(5)6)11(15)12(3,4)16/h10,16H,7-9H2,1-6H3. The van der Waals surface area contributed by atoms with E-state index in [1.54, 1.807) is 18.7 Å². The molecule has 0 atom stereocenters. The summed E-state index contributed by atoms with van der Waals surface area (Å²) in [4.78, 5) is 15.7. The Bertz CT molecular complexity index is 220. The second-order valence-electron chi connectivity index (χ2n) is 5.51. The third-order valence-corrected chi connectivity index (χ3v) is 2.21. The minimum atomic E-state index is -1.28. The van der Waals surface area contributed by atoms with Crippen molar-refractivity contribution < 1.29 is 9.90 Å². The van der Waals surface area contributed by atoms with E-state index in [0.29, 0.717) is 19.0 Å². The van der Waals surface area contributed by atoms with Crippen molar-refractivity contribution in [3.05, 3.63) is 0 Å². The molecule has 4 nitrogen and oxygen atoms in total. The van der Waals surface area contributed by atoms with Crippen LogP contribution in [0.5, 0.6) is 0 Å². The van der Waals surface area contributed by atoms with Crippen LogP contribution in [0.1, 0.15) is 27.7 Å². The molecule has 96 valence electrons. The first kappa shape index (κ1) is 15.4. The van der Waals surface area contributed by atoms with Crippen LogP contribution < -0.4 is 0 Å². The molecular formula is C12H26N2O2. The number of likely N-dealkylation sites (N-methyl/N-ethyl adjacent to an activating group) is 1. The van der Waals surface area contributed by atoms with Crippen LogP contribution in [0.2, 0.25) is 0 Å². The zero-order chi connectivity index (χ0) is 12.9. The number of hydrogen-bond donors (Lipinski definition) is 1. The van der Waals surface area contributed by atoms with Gasteiger partial charge in [-0.2, -0.15) is 0 Å². The van der Waals surface area contributed by atoms with Crippen LogP contribution in [-0.4, -0.2) is 60.1 Å². The van der Waals surface area contributed by atoms with Gasteiger partial charge in [-0.25, -0.2) is 0 Å². The van der Waals surface area contributed by atoms with Crippen LogP contribution in [0.4, 0.5) is 0 Å². The molecule has 0 aromatic heterocycles. The first-order valence-electron chi connectivity index (χ1n) is 5.81. The maximum Gasteiger partial charge on any atom is 0.254 e. The normalized spacial score (nSPS) is 12.3. The summed E-state index contributed by atoms with van der Waals surface area (Å²) in [6.45, 7) is 9.39. The van der Waals surface area contributed by atoms with E-state index >= 15 is 0 Å². The topological polar surface area (TPSA) is 43.8 Å². The number of nitrogens with zero attached hydrogens (tertiary/aromatic N) is 2. The molecular weight excluding hydrogens is 204 g/mol. The van der Waals surface area contributed by atoms with E-state index in [1.807, 2.05) is 19.0 Å². The minimum absolute atomic E-state index is 0.192. The Labute approximate surface area is 99.2 Å². The molecule has 0 radical (unpaired) electrons. The molecule has 0 bridgehead atoms. The van der Waals surface area contributed by atoms with Gasteiger partial charge in [0, 0.05) is 19.6 Å². The van der Waals surface area contributed by atoms with Crippen molar-refractivity contribution in [2.24, 2.45) is 5.92 Å². The molecule has 0 rings (SSSR count). The minimum Gasteiger partial charge on any atom is -0.381 e. The lowest BCUT2D eigenvalue weighted by molar-refractivity contribution is -0.148. The zero-order valence-corrected chi connectivity index (χ0v) is 11.4. The Morgan fingerprint density at radius 1 is 1.25 bits per heavy atom. The molecule has 0 aliphatic rings. The van der Waals surface area contributed by atoms with E-state index in [4.69, 9.17) is 0 Å². The fourth-order valence-electron chi connectivity index (χ4n) is 1.42. The number of amides is 1. The Morgan fingerprint density at radius 2 is 1.75 bits per heavy atom. The summed E-state index contributed by atoms with van der Waals surface area (Å²) >= 11 is 0. The molecule has 0 saturated heterocycles. The summed E-state index contributed by atoms with van der Waals surface area (Å²) in [5, 5.41) is 9.73.